The average molecular weight is 846 g/mol. The van der Waals surface area contributed by atoms with Crippen molar-refractivity contribution in [1.29, 1.82) is 0 Å². The summed E-state index contributed by atoms with van der Waals surface area (Å²) in [5.74, 6) is -7.32. The summed E-state index contributed by atoms with van der Waals surface area (Å²) in [7, 11) is 1.06. The molecule has 3 unspecified atom stereocenters. The number of fused-ring (bicyclic) bond motifs is 5. The number of hydrogen-bond donors (Lipinski definition) is 4. The van der Waals surface area contributed by atoms with E-state index in [9.17, 15) is 39.3 Å². The smallest absolute Gasteiger partial charge is 0.460 e. The number of ketones is 1. The normalized spacial score (nSPS) is 33.1. The molecule has 17 heteroatoms. The van der Waals surface area contributed by atoms with Crippen molar-refractivity contribution in [2.75, 3.05) is 13.7 Å². The Hall–Kier alpha value is -4.58. The summed E-state index contributed by atoms with van der Waals surface area (Å²) in [4.78, 5) is 82.7. The summed E-state index contributed by atoms with van der Waals surface area (Å²) in [6.45, 7) is 16.6. The molecular formula is C43H59NO16. The van der Waals surface area contributed by atoms with Crippen LogP contribution in [0.2, 0.25) is 0 Å². The minimum absolute atomic E-state index is 0.0226. The number of carbonyl (C=O) groups excluding carboxylic acids is 6. The number of Topliss-reactive ketones (excluding diaryl/α,β-unsaturated/α-hetero) is 1. The van der Waals surface area contributed by atoms with Gasteiger partial charge in [-0.3, -0.25) is 9.59 Å². The van der Waals surface area contributed by atoms with Crippen LogP contribution in [0.5, 0.6) is 0 Å². The van der Waals surface area contributed by atoms with E-state index >= 15 is 4.79 Å². The Bertz CT molecular complexity index is 1910. The molecule has 4 N–H and O–H groups in total. The van der Waals surface area contributed by atoms with Gasteiger partial charge in [0.15, 0.2) is 17.5 Å². The van der Waals surface area contributed by atoms with Gasteiger partial charge < -0.3 is 53.8 Å². The van der Waals surface area contributed by atoms with Crippen LogP contribution in [0.25, 0.3) is 0 Å². The maximum absolute atomic E-state index is 15.4. The van der Waals surface area contributed by atoms with Crippen molar-refractivity contribution in [3.05, 3.63) is 47.2 Å². The van der Waals surface area contributed by atoms with Crippen LogP contribution in [0.1, 0.15) is 99.4 Å². The first kappa shape index (κ1) is 46.5. The van der Waals surface area contributed by atoms with E-state index in [2.05, 4.69) is 5.32 Å². The SMILES string of the molecule is COC(=O)O[C@@]12COC1C[C@H](O)[C@@]1(C)C(=O)C(OC(C)=O)=C3C(C)[C@@H](OC(=O)[C@H](O)[C@@H](NC(=O)OC(C)(C)C)C(C)(C)C)C[C@@](O)([C@@H](OC(=O)c4ccccc4)C21)C3(C)C. The van der Waals surface area contributed by atoms with Gasteiger partial charge in [-0.25, -0.2) is 19.2 Å². The molecule has 4 aliphatic rings. The number of esters is 3. The number of aliphatic hydroxyl groups excluding tert-OH is 2. The van der Waals surface area contributed by atoms with E-state index in [1.165, 1.54) is 32.9 Å². The number of hydrogen-bond acceptors (Lipinski definition) is 16. The van der Waals surface area contributed by atoms with Crippen molar-refractivity contribution in [3.8, 4) is 0 Å². The third kappa shape index (κ3) is 8.00. The zero-order valence-corrected chi connectivity index (χ0v) is 36.3. The topological polar surface area (TPSA) is 240 Å². The molecule has 1 aromatic rings. The van der Waals surface area contributed by atoms with Gasteiger partial charge in [0.2, 0.25) is 5.78 Å². The zero-order valence-electron chi connectivity index (χ0n) is 36.3. The van der Waals surface area contributed by atoms with Gasteiger partial charge in [0.25, 0.3) is 0 Å². The lowest BCUT2D eigenvalue weighted by Crippen LogP contribution is -2.81. The van der Waals surface area contributed by atoms with Gasteiger partial charge in [0.05, 0.1) is 42.8 Å². The number of allylic oxidation sites excluding steroid dienone is 1. The van der Waals surface area contributed by atoms with E-state index in [1.807, 2.05) is 0 Å². The number of amides is 1. The molecule has 2 bridgehead atoms. The van der Waals surface area contributed by atoms with Crippen LogP contribution in [0.15, 0.2) is 41.7 Å². The molecule has 2 saturated carbocycles. The highest BCUT2D eigenvalue weighted by atomic mass is 16.8. The van der Waals surface area contributed by atoms with Crippen molar-refractivity contribution in [1.82, 2.24) is 5.32 Å². The quantitative estimate of drug-likeness (QED) is 0.214. The van der Waals surface area contributed by atoms with Crippen LogP contribution in [0, 0.1) is 28.1 Å². The van der Waals surface area contributed by atoms with Gasteiger partial charge in [-0.2, -0.15) is 0 Å². The molecule has 332 valence electrons. The lowest BCUT2D eigenvalue weighted by Gasteiger charge is -2.67. The molecule has 0 aromatic heterocycles. The molecule has 1 heterocycles. The van der Waals surface area contributed by atoms with Crippen LogP contribution in [-0.4, -0.2) is 118 Å². The number of methoxy groups -OCH3 is 1. The molecule has 17 nitrogen and oxygen atoms in total. The first-order chi connectivity index (χ1) is 27.6. The van der Waals surface area contributed by atoms with Crippen molar-refractivity contribution in [2.24, 2.45) is 28.1 Å². The second-order valence-electron chi connectivity index (χ2n) is 19.1. The van der Waals surface area contributed by atoms with E-state index in [4.69, 9.17) is 33.2 Å². The minimum Gasteiger partial charge on any atom is -0.460 e. The second kappa shape index (κ2) is 16.0. The average Bonchev–Trinajstić information content (AvgIpc) is 3.13. The van der Waals surface area contributed by atoms with E-state index in [0.29, 0.717) is 0 Å². The number of carbonyl (C=O) groups is 6. The van der Waals surface area contributed by atoms with Crippen LogP contribution >= 0.6 is 0 Å². The molecule has 1 aliphatic heterocycles. The number of alkyl carbamates (subject to hydrolysis) is 1. The monoisotopic (exact) mass is 845 g/mol. The maximum Gasteiger partial charge on any atom is 0.508 e. The number of nitrogens with one attached hydrogen (secondary N) is 1. The summed E-state index contributed by atoms with van der Waals surface area (Å²) in [6, 6.07) is 6.50. The summed E-state index contributed by atoms with van der Waals surface area (Å²) in [6.07, 6.45) is -10.9. The Kier molecular flexibility index (Phi) is 12.4. The summed E-state index contributed by atoms with van der Waals surface area (Å²) in [5, 5.41) is 39.8. The van der Waals surface area contributed by atoms with E-state index < -0.39 is 130 Å². The number of benzene rings is 1. The molecule has 60 heavy (non-hydrogen) atoms. The highest BCUT2D eigenvalue weighted by molar-refractivity contribution is 6.02. The summed E-state index contributed by atoms with van der Waals surface area (Å²) >= 11 is 0. The van der Waals surface area contributed by atoms with Gasteiger partial charge in [-0.05, 0) is 50.8 Å². The number of aliphatic hydroxyl groups is 3. The van der Waals surface area contributed by atoms with Gasteiger partial charge in [0, 0.05) is 31.1 Å². The Balaban J connectivity index is 1.74. The van der Waals surface area contributed by atoms with Gasteiger partial charge in [0.1, 0.15) is 29.5 Å². The Morgan fingerprint density at radius 1 is 0.983 bits per heavy atom. The van der Waals surface area contributed by atoms with Gasteiger partial charge in [-0.1, -0.05) is 59.7 Å². The van der Waals surface area contributed by atoms with Crippen LogP contribution in [-0.2, 0) is 47.5 Å². The summed E-state index contributed by atoms with van der Waals surface area (Å²) in [5.41, 5.74) is -9.96. The molecule has 11 atom stereocenters. The zero-order chi connectivity index (χ0) is 45.1. The molecule has 1 aromatic carbocycles. The second-order valence-corrected chi connectivity index (χ2v) is 19.1. The molecule has 3 aliphatic carbocycles. The fraction of sp³-hybridized carbons (Fsp3) is 0.674. The molecule has 0 radical (unpaired) electrons. The minimum atomic E-state index is -2.42. The lowest BCUT2D eigenvalue weighted by molar-refractivity contribution is -0.343. The van der Waals surface area contributed by atoms with Crippen molar-refractivity contribution >= 4 is 35.9 Å². The number of rotatable bonds is 8. The molecule has 1 saturated heterocycles. The Morgan fingerprint density at radius 3 is 2.12 bits per heavy atom. The maximum atomic E-state index is 15.4. The largest absolute Gasteiger partial charge is 0.508 e. The predicted molar refractivity (Wildman–Crippen MR) is 209 cm³/mol. The first-order valence-corrected chi connectivity index (χ1v) is 20.0. The fourth-order valence-corrected chi connectivity index (χ4v) is 9.51. The molecule has 3 fully saturated rings. The van der Waals surface area contributed by atoms with Crippen molar-refractivity contribution in [2.45, 2.75) is 142 Å². The third-order valence-corrected chi connectivity index (χ3v) is 12.7. The fourth-order valence-electron chi connectivity index (χ4n) is 9.51. The molecule has 0 spiro atoms. The molecular weight excluding hydrogens is 786 g/mol. The Labute approximate surface area is 349 Å². The highest BCUT2D eigenvalue weighted by Crippen LogP contribution is 2.65. The molecule has 5 rings (SSSR count). The van der Waals surface area contributed by atoms with Crippen LogP contribution in [0.4, 0.5) is 9.59 Å². The Morgan fingerprint density at radius 2 is 1.60 bits per heavy atom. The third-order valence-electron chi connectivity index (χ3n) is 12.7. The standard InChI is InChI=1S/C43H59NO16/c1-21-24(57-35(50)28(47)31(38(3,4)5)44-36(51)59-39(6,7)8)19-43(53)33(58-34(49)23-16-14-13-15-17-23)30-41(11,32(48)29(56-22(2)45)27(21)40(43,9)10)25(46)18-26-42(30,20-55-26)60-37(52)54-12/h13-17,21,24-26,28,30-31,33,46-47,53H,18-20H2,1-12H3,(H,44,51)/t21?,24-,25-,26?,28+,30?,31+,33-,41+,42-,43+/m0/s1. The van der Waals surface area contributed by atoms with Crippen molar-refractivity contribution < 1.29 is 77.2 Å². The van der Waals surface area contributed by atoms with Crippen molar-refractivity contribution in [3.63, 3.8) is 0 Å². The highest BCUT2D eigenvalue weighted by Gasteiger charge is 2.78. The summed E-state index contributed by atoms with van der Waals surface area (Å²) < 4.78 is 40.2. The lowest BCUT2D eigenvalue weighted by atomic mass is 9.45. The van der Waals surface area contributed by atoms with E-state index in [0.717, 1.165) is 14.0 Å². The van der Waals surface area contributed by atoms with Gasteiger partial charge >= 0.3 is 30.2 Å². The van der Waals surface area contributed by atoms with Crippen LogP contribution < -0.4 is 5.32 Å². The predicted octanol–water partition coefficient (Wildman–Crippen LogP) is 3.93. The van der Waals surface area contributed by atoms with Gasteiger partial charge in [-0.15, -0.1) is 0 Å². The van der Waals surface area contributed by atoms with E-state index in [1.54, 1.807) is 66.7 Å². The van der Waals surface area contributed by atoms with E-state index in [-0.39, 0.29) is 24.2 Å². The molecule has 1 amide bonds. The first-order valence-electron chi connectivity index (χ1n) is 20.0. The van der Waals surface area contributed by atoms with Crippen LogP contribution in [0.3, 0.4) is 0 Å². The number of ether oxygens (including phenoxy) is 7.